The third-order valence-electron chi connectivity index (χ3n) is 4.23. The largest absolute Gasteiger partial charge is 0.378 e. The van der Waals surface area contributed by atoms with Crippen LogP contribution in [0.15, 0.2) is 27.7 Å². The summed E-state index contributed by atoms with van der Waals surface area (Å²) >= 11 is 3.60. The van der Waals surface area contributed by atoms with Gasteiger partial charge in [-0.15, -0.1) is 10.2 Å². The lowest BCUT2D eigenvalue weighted by atomic mass is 10.1. The van der Waals surface area contributed by atoms with Gasteiger partial charge < -0.3 is 9.64 Å². The Labute approximate surface area is 143 Å². The first-order chi connectivity index (χ1) is 11.3. The Hall–Kier alpha value is -1.73. The third-order valence-corrected chi connectivity index (χ3v) is 4.73. The fourth-order valence-electron chi connectivity index (χ4n) is 3.12. The van der Waals surface area contributed by atoms with Crippen molar-refractivity contribution in [1.29, 1.82) is 0 Å². The molecule has 4 rings (SSSR count). The van der Waals surface area contributed by atoms with E-state index in [2.05, 4.69) is 60.7 Å². The van der Waals surface area contributed by atoms with Crippen LogP contribution in [0, 0.1) is 0 Å². The Balaban J connectivity index is 1.88. The van der Waals surface area contributed by atoms with Gasteiger partial charge in [-0.05, 0) is 18.2 Å². The molecule has 0 saturated carbocycles. The van der Waals surface area contributed by atoms with E-state index in [0.717, 1.165) is 65.9 Å². The number of ether oxygens (including phenoxy) is 1. The monoisotopic (exact) mass is 375 g/mol. The minimum atomic E-state index is 0.548. The Bertz CT molecular complexity index is 764. The summed E-state index contributed by atoms with van der Waals surface area (Å²) < 4.78 is 8.68. The summed E-state index contributed by atoms with van der Waals surface area (Å²) in [6, 6.07) is 6.31. The molecule has 2 aromatic rings. The maximum Gasteiger partial charge on any atom is 0.159 e. The van der Waals surface area contributed by atoms with E-state index in [4.69, 9.17) is 9.73 Å². The first-order valence-corrected chi connectivity index (χ1v) is 8.68. The molecule has 120 valence electrons. The Morgan fingerprint density at radius 2 is 2.04 bits per heavy atom. The lowest BCUT2D eigenvalue weighted by molar-refractivity contribution is 0.0682. The molecule has 0 amide bonds. The minimum absolute atomic E-state index is 0.548. The standard InChI is InChI=1S/C16H18BrN5O/c1-2-14-19-20-15-10-18-16(21-5-7-23-8-6-21)12-9-11(17)3-4-13(12)22(14)15/h3-4,9H,2,5-8,10H2,1H3. The molecule has 1 aromatic heterocycles. The van der Waals surface area contributed by atoms with Gasteiger partial charge in [0.1, 0.15) is 18.2 Å². The maximum atomic E-state index is 5.48. The summed E-state index contributed by atoms with van der Waals surface area (Å²) in [5.74, 6) is 2.90. The number of fused-ring (bicyclic) bond motifs is 3. The van der Waals surface area contributed by atoms with E-state index in [1.165, 1.54) is 0 Å². The summed E-state index contributed by atoms with van der Waals surface area (Å²) in [7, 11) is 0. The second kappa shape index (κ2) is 6.05. The van der Waals surface area contributed by atoms with Crippen molar-refractivity contribution in [3.63, 3.8) is 0 Å². The van der Waals surface area contributed by atoms with Crippen LogP contribution in [0.3, 0.4) is 0 Å². The molecule has 2 aliphatic rings. The van der Waals surface area contributed by atoms with Crippen LogP contribution in [0.25, 0.3) is 5.69 Å². The van der Waals surface area contributed by atoms with Crippen molar-refractivity contribution in [1.82, 2.24) is 19.7 Å². The van der Waals surface area contributed by atoms with Gasteiger partial charge in [0.25, 0.3) is 0 Å². The van der Waals surface area contributed by atoms with Crippen LogP contribution >= 0.6 is 15.9 Å². The number of nitrogens with zero attached hydrogens (tertiary/aromatic N) is 5. The fourth-order valence-corrected chi connectivity index (χ4v) is 3.48. The van der Waals surface area contributed by atoms with Crippen LogP contribution in [-0.2, 0) is 17.7 Å². The summed E-state index contributed by atoms with van der Waals surface area (Å²) in [4.78, 5) is 7.17. The Kier molecular flexibility index (Phi) is 3.90. The lowest BCUT2D eigenvalue weighted by Gasteiger charge is -2.30. The molecule has 0 atom stereocenters. The zero-order valence-electron chi connectivity index (χ0n) is 13.0. The Morgan fingerprint density at radius 1 is 1.22 bits per heavy atom. The second-order valence-corrected chi connectivity index (χ2v) is 6.54. The van der Waals surface area contributed by atoms with Crippen molar-refractivity contribution >= 4 is 21.8 Å². The SMILES string of the molecule is CCc1nnc2n1-c1ccc(Br)cc1C(N1CCOCC1)=NC2. The van der Waals surface area contributed by atoms with Gasteiger partial charge >= 0.3 is 0 Å². The highest BCUT2D eigenvalue weighted by Gasteiger charge is 2.25. The number of amidine groups is 1. The van der Waals surface area contributed by atoms with E-state index in [-0.39, 0.29) is 0 Å². The Morgan fingerprint density at radius 3 is 2.83 bits per heavy atom. The molecule has 0 unspecified atom stereocenters. The van der Waals surface area contributed by atoms with Gasteiger partial charge in [-0.2, -0.15) is 0 Å². The second-order valence-electron chi connectivity index (χ2n) is 5.62. The fraction of sp³-hybridized carbons (Fsp3) is 0.438. The zero-order chi connectivity index (χ0) is 15.8. The highest BCUT2D eigenvalue weighted by atomic mass is 79.9. The van der Waals surface area contributed by atoms with Gasteiger partial charge in [0.15, 0.2) is 5.82 Å². The third kappa shape index (κ3) is 2.57. The molecule has 3 heterocycles. The van der Waals surface area contributed by atoms with Crippen molar-refractivity contribution in [2.75, 3.05) is 26.3 Å². The molecular weight excluding hydrogens is 358 g/mol. The molecule has 23 heavy (non-hydrogen) atoms. The number of aryl methyl sites for hydroxylation is 1. The minimum Gasteiger partial charge on any atom is -0.378 e. The number of hydrogen-bond donors (Lipinski definition) is 0. The number of aliphatic imine (C=N–C) groups is 1. The lowest BCUT2D eigenvalue weighted by Crippen LogP contribution is -2.41. The van der Waals surface area contributed by atoms with E-state index in [1.807, 2.05) is 0 Å². The molecule has 7 heteroatoms. The topological polar surface area (TPSA) is 55.5 Å². The zero-order valence-corrected chi connectivity index (χ0v) is 14.6. The van der Waals surface area contributed by atoms with Crippen LogP contribution < -0.4 is 0 Å². The highest BCUT2D eigenvalue weighted by molar-refractivity contribution is 9.10. The predicted octanol–water partition coefficient (Wildman–Crippen LogP) is 2.18. The number of halogens is 1. The molecule has 0 radical (unpaired) electrons. The maximum absolute atomic E-state index is 5.48. The molecule has 2 aliphatic heterocycles. The molecule has 0 aliphatic carbocycles. The van der Waals surface area contributed by atoms with Crippen LogP contribution in [0.2, 0.25) is 0 Å². The number of morpholine rings is 1. The highest BCUT2D eigenvalue weighted by Crippen LogP contribution is 2.27. The van der Waals surface area contributed by atoms with E-state index >= 15 is 0 Å². The first kappa shape index (κ1) is 14.8. The summed E-state index contributed by atoms with van der Waals surface area (Å²) in [6.45, 7) is 5.87. The molecule has 0 spiro atoms. The normalized spacial score (nSPS) is 17.3. The van der Waals surface area contributed by atoms with Gasteiger partial charge in [-0.3, -0.25) is 9.56 Å². The van der Waals surface area contributed by atoms with Crippen LogP contribution in [0.5, 0.6) is 0 Å². The number of aromatic nitrogens is 3. The smallest absolute Gasteiger partial charge is 0.159 e. The van der Waals surface area contributed by atoms with Crippen LogP contribution in [0.1, 0.15) is 24.1 Å². The van der Waals surface area contributed by atoms with Crippen molar-refractivity contribution < 1.29 is 4.74 Å². The molecular formula is C16H18BrN5O. The average molecular weight is 376 g/mol. The summed E-state index contributed by atoms with van der Waals surface area (Å²) in [6.07, 6.45) is 0.843. The molecule has 0 N–H and O–H groups in total. The summed E-state index contributed by atoms with van der Waals surface area (Å²) in [5.41, 5.74) is 2.22. The van der Waals surface area contributed by atoms with Crippen LogP contribution in [-0.4, -0.2) is 51.8 Å². The van der Waals surface area contributed by atoms with Gasteiger partial charge in [-0.25, -0.2) is 0 Å². The van der Waals surface area contributed by atoms with Crippen molar-refractivity contribution in [2.45, 2.75) is 19.9 Å². The van der Waals surface area contributed by atoms with E-state index in [0.29, 0.717) is 6.54 Å². The summed E-state index contributed by atoms with van der Waals surface area (Å²) in [5, 5.41) is 8.65. The quantitative estimate of drug-likeness (QED) is 0.766. The van der Waals surface area contributed by atoms with Crippen molar-refractivity contribution in [3.8, 4) is 5.69 Å². The average Bonchev–Trinajstić information content (AvgIpc) is 2.92. The number of rotatable bonds is 1. The van der Waals surface area contributed by atoms with E-state index < -0.39 is 0 Å². The van der Waals surface area contributed by atoms with E-state index in [1.54, 1.807) is 0 Å². The first-order valence-electron chi connectivity index (χ1n) is 7.88. The van der Waals surface area contributed by atoms with Gasteiger partial charge in [0.05, 0.1) is 18.9 Å². The number of benzene rings is 1. The molecule has 1 aromatic carbocycles. The molecule has 1 saturated heterocycles. The van der Waals surface area contributed by atoms with Gasteiger partial charge in [0, 0.05) is 29.5 Å². The van der Waals surface area contributed by atoms with E-state index in [9.17, 15) is 0 Å². The van der Waals surface area contributed by atoms with Crippen LogP contribution in [0.4, 0.5) is 0 Å². The van der Waals surface area contributed by atoms with Gasteiger partial charge in [-0.1, -0.05) is 22.9 Å². The molecule has 0 bridgehead atoms. The van der Waals surface area contributed by atoms with Gasteiger partial charge in [0.2, 0.25) is 0 Å². The predicted molar refractivity (Wildman–Crippen MR) is 91.1 cm³/mol. The van der Waals surface area contributed by atoms with Crippen molar-refractivity contribution in [2.24, 2.45) is 4.99 Å². The molecule has 6 nitrogen and oxygen atoms in total. The van der Waals surface area contributed by atoms with Crippen molar-refractivity contribution in [3.05, 3.63) is 39.9 Å². The molecule has 1 fully saturated rings. The number of hydrogen-bond acceptors (Lipinski definition) is 5.